The first kappa shape index (κ1) is 18.0. The van der Waals surface area contributed by atoms with Crippen molar-refractivity contribution in [3.8, 4) is 17.1 Å². The Hall–Kier alpha value is -2.80. The number of aromatic nitrogens is 3. The van der Waals surface area contributed by atoms with E-state index in [9.17, 15) is 9.90 Å². The number of anilines is 1. The van der Waals surface area contributed by atoms with E-state index in [0.717, 1.165) is 11.3 Å². The maximum absolute atomic E-state index is 12.4. The average molecular weight is 368 g/mol. The highest BCUT2D eigenvalue weighted by molar-refractivity contribution is 8.00. The number of hydrogen-bond donors (Lipinski definition) is 2. The summed E-state index contributed by atoms with van der Waals surface area (Å²) in [6.07, 6.45) is 0. The van der Waals surface area contributed by atoms with Crippen molar-refractivity contribution in [2.75, 3.05) is 5.32 Å². The molecule has 2 aromatic carbocycles. The number of thioether (sulfide) groups is 1. The van der Waals surface area contributed by atoms with Crippen LogP contribution in [0.5, 0.6) is 5.75 Å². The molecule has 0 radical (unpaired) electrons. The van der Waals surface area contributed by atoms with Gasteiger partial charge in [0, 0.05) is 17.8 Å². The zero-order chi connectivity index (χ0) is 18.5. The summed E-state index contributed by atoms with van der Waals surface area (Å²) in [5, 5.41) is 21.2. The topological polar surface area (TPSA) is 80.0 Å². The molecular weight excluding hydrogens is 348 g/mol. The molecule has 134 valence electrons. The van der Waals surface area contributed by atoms with Crippen LogP contribution in [-0.4, -0.2) is 31.0 Å². The Labute approximate surface area is 156 Å². The predicted octanol–water partition coefficient (Wildman–Crippen LogP) is 3.79. The van der Waals surface area contributed by atoms with Gasteiger partial charge >= 0.3 is 0 Å². The highest BCUT2D eigenvalue weighted by Crippen LogP contribution is 2.28. The van der Waals surface area contributed by atoms with Crippen molar-refractivity contribution in [3.63, 3.8) is 0 Å². The molecule has 0 aliphatic carbocycles. The lowest BCUT2D eigenvalue weighted by atomic mass is 10.2. The number of nitrogens with zero attached hydrogens (tertiary/aromatic N) is 3. The van der Waals surface area contributed by atoms with E-state index in [1.165, 1.54) is 11.8 Å². The van der Waals surface area contributed by atoms with Gasteiger partial charge in [0.2, 0.25) is 5.91 Å². The number of phenols is 1. The second-order valence-corrected chi connectivity index (χ2v) is 7.02. The number of carbonyl (C=O) groups excluding carboxylic acids is 1. The monoisotopic (exact) mass is 368 g/mol. The molecule has 1 amide bonds. The first-order valence-corrected chi connectivity index (χ1v) is 9.21. The van der Waals surface area contributed by atoms with Gasteiger partial charge < -0.3 is 15.0 Å². The minimum Gasteiger partial charge on any atom is -0.508 e. The lowest BCUT2D eigenvalue weighted by Gasteiger charge is -2.12. The fraction of sp³-hybridized carbons (Fsp3) is 0.211. The molecule has 0 saturated heterocycles. The predicted molar refractivity (Wildman–Crippen MR) is 103 cm³/mol. The molecule has 1 atom stereocenters. The van der Waals surface area contributed by atoms with Crippen molar-refractivity contribution in [1.29, 1.82) is 0 Å². The standard InChI is InChI=1S/C19H20N4O2S/c1-3-23-17(14-9-11-16(24)12-10-14)21-22-19(23)26-13(2)18(25)20-15-7-5-4-6-8-15/h4-13,24H,3H2,1-2H3,(H,20,25)/t13-/m0/s1. The highest BCUT2D eigenvalue weighted by atomic mass is 32.2. The second-order valence-electron chi connectivity index (χ2n) is 5.71. The number of phenolic OH excluding ortho intramolecular Hbond substituents is 1. The van der Waals surface area contributed by atoms with Crippen molar-refractivity contribution in [2.45, 2.75) is 30.8 Å². The molecule has 0 spiro atoms. The summed E-state index contributed by atoms with van der Waals surface area (Å²) in [6, 6.07) is 16.2. The van der Waals surface area contributed by atoms with E-state index in [0.29, 0.717) is 17.5 Å². The fourth-order valence-corrected chi connectivity index (χ4v) is 3.37. The van der Waals surface area contributed by atoms with Crippen molar-refractivity contribution >= 4 is 23.4 Å². The lowest BCUT2D eigenvalue weighted by Crippen LogP contribution is -2.22. The number of hydrogen-bond acceptors (Lipinski definition) is 5. The fourth-order valence-electron chi connectivity index (χ4n) is 2.46. The van der Waals surface area contributed by atoms with Crippen LogP contribution in [0.15, 0.2) is 59.8 Å². The van der Waals surface area contributed by atoms with Gasteiger partial charge in [0.25, 0.3) is 0 Å². The molecule has 1 heterocycles. The molecular formula is C19H20N4O2S. The molecule has 3 aromatic rings. The van der Waals surface area contributed by atoms with E-state index in [1.807, 2.05) is 48.7 Å². The quantitative estimate of drug-likeness (QED) is 0.647. The Balaban J connectivity index is 1.75. The van der Waals surface area contributed by atoms with Gasteiger partial charge in [-0.25, -0.2) is 0 Å². The van der Waals surface area contributed by atoms with Gasteiger partial charge in [-0.2, -0.15) is 0 Å². The van der Waals surface area contributed by atoms with Crippen LogP contribution < -0.4 is 5.32 Å². The maximum Gasteiger partial charge on any atom is 0.237 e. The van der Waals surface area contributed by atoms with E-state index >= 15 is 0 Å². The Morgan fingerprint density at radius 3 is 2.50 bits per heavy atom. The Bertz CT molecular complexity index is 878. The largest absolute Gasteiger partial charge is 0.508 e. The number of aromatic hydroxyl groups is 1. The van der Waals surface area contributed by atoms with Gasteiger partial charge in [0.15, 0.2) is 11.0 Å². The average Bonchev–Trinajstić information content (AvgIpc) is 3.05. The van der Waals surface area contributed by atoms with Crippen molar-refractivity contribution in [2.24, 2.45) is 0 Å². The van der Waals surface area contributed by atoms with Crippen LogP contribution in [0.1, 0.15) is 13.8 Å². The SMILES string of the molecule is CCn1c(S[C@@H](C)C(=O)Nc2ccccc2)nnc1-c1ccc(O)cc1. The van der Waals surface area contributed by atoms with Crippen LogP contribution in [-0.2, 0) is 11.3 Å². The summed E-state index contributed by atoms with van der Waals surface area (Å²) in [5.74, 6) is 0.834. The van der Waals surface area contributed by atoms with E-state index in [2.05, 4.69) is 15.5 Å². The van der Waals surface area contributed by atoms with E-state index in [-0.39, 0.29) is 16.9 Å². The Morgan fingerprint density at radius 2 is 1.85 bits per heavy atom. The first-order chi connectivity index (χ1) is 12.6. The van der Waals surface area contributed by atoms with Crippen LogP contribution in [0.2, 0.25) is 0 Å². The molecule has 0 fully saturated rings. The van der Waals surface area contributed by atoms with Gasteiger partial charge in [-0.1, -0.05) is 30.0 Å². The second kappa shape index (κ2) is 8.05. The van der Waals surface area contributed by atoms with Crippen molar-refractivity contribution in [3.05, 3.63) is 54.6 Å². The first-order valence-electron chi connectivity index (χ1n) is 8.33. The molecule has 3 rings (SSSR count). The van der Waals surface area contributed by atoms with Gasteiger partial charge in [-0.05, 0) is 50.2 Å². The summed E-state index contributed by atoms with van der Waals surface area (Å²) >= 11 is 1.37. The van der Waals surface area contributed by atoms with Crippen LogP contribution in [0.3, 0.4) is 0 Å². The number of benzene rings is 2. The van der Waals surface area contributed by atoms with Crippen LogP contribution in [0.25, 0.3) is 11.4 Å². The molecule has 1 aromatic heterocycles. The van der Waals surface area contributed by atoms with Gasteiger partial charge in [-0.15, -0.1) is 10.2 Å². The number of para-hydroxylation sites is 1. The van der Waals surface area contributed by atoms with E-state index in [1.54, 1.807) is 24.3 Å². The molecule has 7 heteroatoms. The maximum atomic E-state index is 12.4. The van der Waals surface area contributed by atoms with Gasteiger partial charge in [0.1, 0.15) is 5.75 Å². The van der Waals surface area contributed by atoms with Crippen LogP contribution >= 0.6 is 11.8 Å². The van der Waals surface area contributed by atoms with Gasteiger partial charge in [0.05, 0.1) is 5.25 Å². The molecule has 0 bridgehead atoms. The van der Waals surface area contributed by atoms with Crippen LogP contribution in [0, 0.1) is 0 Å². The Morgan fingerprint density at radius 1 is 1.15 bits per heavy atom. The summed E-state index contributed by atoms with van der Waals surface area (Å²) in [4.78, 5) is 12.4. The highest BCUT2D eigenvalue weighted by Gasteiger charge is 2.20. The molecule has 0 unspecified atom stereocenters. The third kappa shape index (κ3) is 4.05. The summed E-state index contributed by atoms with van der Waals surface area (Å²) in [5.41, 5.74) is 1.64. The van der Waals surface area contributed by atoms with E-state index < -0.39 is 0 Å². The lowest BCUT2D eigenvalue weighted by molar-refractivity contribution is -0.115. The molecule has 0 saturated carbocycles. The number of nitrogens with one attached hydrogen (secondary N) is 1. The van der Waals surface area contributed by atoms with Crippen LogP contribution in [0.4, 0.5) is 5.69 Å². The number of amides is 1. The molecule has 26 heavy (non-hydrogen) atoms. The summed E-state index contributed by atoms with van der Waals surface area (Å²) < 4.78 is 1.96. The molecule has 0 aliphatic rings. The molecule has 6 nitrogen and oxygen atoms in total. The van der Waals surface area contributed by atoms with Crippen molar-refractivity contribution < 1.29 is 9.90 Å². The normalized spacial score (nSPS) is 11.9. The number of carbonyl (C=O) groups is 1. The van der Waals surface area contributed by atoms with E-state index in [4.69, 9.17) is 0 Å². The third-order valence-electron chi connectivity index (χ3n) is 3.85. The van der Waals surface area contributed by atoms with Crippen molar-refractivity contribution in [1.82, 2.24) is 14.8 Å². The minimum atomic E-state index is -0.322. The third-order valence-corrected chi connectivity index (χ3v) is 4.93. The summed E-state index contributed by atoms with van der Waals surface area (Å²) in [7, 11) is 0. The van der Waals surface area contributed by atoms with Gasteiger partial charge in [-0.3, -0.25) is 4.79 Å². The smallest absolute Gasteiger partial charge is 0.237 e. The zero-order valence-electron chi connectivity index (χ0n) is 14.6. The molecule has 0 aliphatic heterocycles. The summed E-state index contributed by atoms with van der Waals surface area (Å²) in [6.45, 7) is 4.53. The molecule has 2 N–H and O–H groups in total. The Kier molecular flexibility index (Phi) is 5.58. The number of rotatable bonds is 6. The minimum absolute atomic E-state index is 0.0852. The zero-order valence-corrected chi connectivity index (χ0v) is 15.4.